The molecular weight excluding hydrogens is 474 g/mol. The third-order valence-corrected chi connectivity index (χ3v) is 8.07. The highest BCUT2D eigenvalue weighted by atomic mass is 32.2. The second-order valence-electron chi connectivity index (χ2n) is 7.64. The standard InChI is InChI=1S/C24H23N3O5S2/c1-4-32-17-10-11-20-19(13-17)25-24(33-20)26-21(28)14-27-16(3)12-15(2)22(23(27)29)34(30,31)18-8-6-5-7-9-18/h5-13H,4,14H2,1-3H3,(H,25,26,28). The number of carbonyl (C=O) groups excluding carboxylic acids is 1. The van der Waals surface area contributed by atoms with Gasteiger partial charge in [0.2, 0.25) is 15.7 Å². The zero-order valence-corrected chi connectivity index (χ0v) is 20.5. The molecule has 8 nitrogen and oxygen atoms in total. The van der Waals surface area contributed by atoms with Crippen LogP contribution in [0.15, 0.2) is 69.2 Å². The maximum atomic E-state index is 13.2. The number of sulfone groups is 1. The van der Waals surface area contributed by atoms with E-state index in [4.69, 9.17) is 4.74 Å². The van der Waals surface area contributed by atoms with Gasteiger partial charge in [0.25, 0.3) is 5.56 Å². The lowest BCUT2D eigenvalue weighted by atomic mass is 10.2. The number of anilines is 1. The Hall–Kier alpha value is -3.50. The molecule has 0 saturated carbocycles. The Balaban J connectivity index is 1.63. The topological polar surface area (TPSA) is 107 Å². The van der Waals surface area contributed by atoms with Gasteiger partial charge in [0.05, 0.1) is 21.7 Å². The molecule has 4 aromatic rings. The summed E-state index contributed by atoms with van der Waals surface area (Å²) in [5.41, 5.74) is 0.767. The van der Waals surface area contributed by atoms with E-state index in [2.05, 4.69) is 10.3 Å². The Morgan fingerprint density at radius 1 is 1.12 bits per heavy atom. The number of carbonyl (C=O) groups is 1. The molecule has 1 amide bonds. The fourth-order valence-corrected chi connectivity index (χ4v) is 6.11. The van der Waals surface area contributed by atoms with Gasteiger partial charge >= 0.3 is 0 Å². The van der Waals surface area contributed by atoms with Crippen LogP contribution >= 0.6 is 11.3 Å². The lowest BCUT2D eigenvalue weighted by molar-refractivity contribution is -0.116. The van der Waals surface area contributed by atoms with Crippen molar-refractivity contribution in [1.29, 1.82) is 0 Å². The number of aryl methyl sites for hydroxylation is 2. The monoisotopic (exact) mass is 497 g/mol. The predicted octanol–water partition coefficient (Wildman–Crippen LogP) is 3.95. The number of amides is 1. The summed E-state index contributed by atoms with van der Waals surface area (Å²) in [6.07, 6.45) is 0. The molecule has 0 atom stereocenters. The van der Waals surface area contributed by atoms with Gasteiger partial charge in [0.1, 0.15) is 17.2 Å². The first-order valence-corrected chi connectivity index (χ1v) is 12.8. The van der Waals surface area contributed by atoms with Gasteiger partial charge in [0.15, 0.2) is 5.13 Å². The normalized spacial score (nSPS) is 11.5. The number of fused-ring (bicyclic) bond motifs is 1. The van der Waals surface area contributed by atoms with Gasteiger partial charge in [-0.05, 0) is 56.7 Å². The third-order valence-electron chi connectivity index (χ3n) is 5.19. The van der Waals surface area contributed by atoms with Crippen molar-refractivity contribution < 1.29 is 17.9 Å². The number of hydrogen-bond acceptors (Lipinski definition) is 7. The Morgan fingerprint density at radius 3 is 2.56 bits per heavy atom. The summed E-state index contributed by atoms with van der Waals surface area (Å²) in [7, 11) is -4.05. The van der Waals surface area contributed by atoms with Crippen molar-refractivity contribution in [3.05, 3.63) is 76.2 Å². The van der Waals surface area contributed by atoms with Crippen LogP contribution in [-0.2, 0) is 21.2 Å². The largest absolute Gasteiger partial charge is 0.494 e. The van der Waals surface area contributed by atoms with E-state index in [1.807, 2.05) is 19.1 Å². The van der Waals surface area contributed by atoms with Crippen molar-refractivity contribution in [3.63, 3.8) is 0 Å². The van der Waals surface area contributed by atoms with E-state index < -0.39 is 21.3 Å². The summed E-state index contributed by atoms with van der Waals surface area (Å²) in [6, 6.07) is 14.9. The Kier molecular flexibility index (Phi) is 6.54. The molecule has 1 N–H and O–H groups in total. The second-order valence-corrected chi connectivity index (χ2v) is 10.6. The molecule has 4 rings (SSSR count). The van der Waals surface area contributed by atoms with Crippen LogP contribution in [0.1, 0.15) is 18.2 Å². The number of benzene rings is 2. The van der Waals surface area contributed by atoms with Crippen molar-refractivity contribution in [3.8, 4) is 5.75 Å². The highest BCUT2D eigenvalue weighted by Crippen LogP contribution is 2.29. The molecule has 2 heterocycles. The Labute approximate surface area is 200 Å². The van der Waals surface area contributed by atoms with Gasteiger partial charge in [-0.3, -0.25) is 9.59 Å². The summed E-state index contributed by atoms with van der Waals surface area (Å²) in [6.45, 7) is 5.32. The van der Waals surface area contributed by atoms with Crippen molar-refractivity contribution in [2.45, 2.75) is 37.1 Å². The first-order chi connectivity index (χ1) is 16.2. The number of pyridine rings is 1. The van der Waals surface area contributed by atoms with Gasteiger partial charge in [-0.25, -0.2) is 13.4 Å². The van der Waals surface area contributed by atoms with Crippen LogP contribution in [0.25, 0.3) is 10.2 Å². The van der Waals surface area contributed by atoms with Crippen LogP contribution < -0.4 is 15.6 Å². The average molecular weight is 498 g/mol. The zero-order valence-electron chi connectivity index (χ0n) is 18.9. The van der Waals surface area contributed by atoms with Crippen LogP contribution in [0.5, 0.6) is 5.75 Å². The molecule has 0 fully saturated rings. The van der Waals surface area contributed by atoms with Gasteiger partial charge in [-0.2, -0.15) is 0 Å². The molecule has 0 saturated heterocycles. The molecule has 2 aromatic heterocycles. The van der Waals surface area contributed by atoms with E-state index in [-0.39, 0.29) is 16.3 Å². The van der Waals surface area contributed by atoms with Crippen molar-refractivity contribution in [2.75, 3.05) is 11.9 Å². The lowest BCUT2D eigenvalue weighted by Crippen LogP contribution is -2.33. The van der Waals surface area contributed by atoms with Gasteiger partial charge in [-0.1, -0.05) is 29.5 Å². The van der Waals surface area contributed by atoms with E-state index in [9.17, 15) is 18.0 Å². The summed E-state index contributed by atoms with van der Waals surface area (Å²) in [5.74, 6) is 0.202. The second kappa shape index (κ2) is 9.40. The van der Waals surface area contributed by atoms with Crippen LogP contribution in [-0.4, -0.2) is 30.5 Å². The SMILES string of the molecule is CCOc1ccc2sc(NC(=O)Cn3c(C)cc(C)c(S(=O)(=O)c4ccccc4)c3=O)nc2c1. The van der Waals surface area contributed by atoms with Crippen molar-refractivity contribution in [2.24, 2.45) is 0 Å². The van der Waals surface area contributed by atoms with Crippen molar-refractivity contribution in [1.82, 2.24) is 9.55 Å². The smallest absolute Gasteiger partial charge is 0.270 e. The summed E-state index contributed by atoms with van der Waals surface area (Å²) >= 11 is 1.30. The minimum Gasteiger partial charge on any atom is -0.494 e. The summed E-state index contributed by atoms with van der Waals surface area (Å²) in [5, 5.41) is 3.09. The molecule has 0 aliphatic heterocycles. The molecule has 10 heteroatoms. The lowest BCUT2D eigenvalue weighted by Gasteiger charge is -2.14. The van der Waals surface area contributed by atoms with Crippen LogP contribution in [0, 0.1) is 13.8 Å². The predicted molar refractivity (Wildman–Crippen MR) is 131 cm³/mol. The number of rotatable bonds is 7. The minimum atomic E-state index is -4.05. The number of aromatic nitrogens is 2. The number of ether oxygens (including phenoxy) is 1. The number of nitrogens with one attached hydrogen (secondary N) is 1. The van der Waals surface area contributed by atoms with Crippen LogP contribution in [0.3, 0.4) is 0 Å². The van der Waals surface area contributed by atoms with Crippen LogP contribution in [0.4, 0.5) is 5.13 Å². The molecule has 176 valence electrons. The first kappa shape index (κ1) is 23.7. The van der Waals surface area contributed by atoms with Crippen LogP contribution in [0.2, 0.25) is 0 Å². The summed E-state index contributed by atoms with van der Waals surface area (Å²) in [4.78, 5) is 30.1. The third kappa shape index (κ3) is 4.59. The number of nitrogens with zero attached hydrogens (tertiary/aromatic N) is 2. The van der Waals surface area contributed by atoms with Gasteiger partial charge < -0.3 is 14.6 Å². The van der Waals surface area contributed by atoms with Gasteiger partial charge in [0, 0.05) is 11.8 Å². The maximum absolute atomic E-state index is 13.2. The number of thiazole rings is 1. The highest BCUT2D eigenvalue weighted by molar-refractivity contribution is 7.91. The zero-order chi connectivity index (χ0) is 24.5. The molecular formula is C24H23N3O5S2. The van der Waals surface area contributed by atoms with E-state index in [0.717, 1.165) is 4.70 Å². The quantitative estimate of drug-likeness (QED) is 0.414. The van der Waals surface area contributed by atoms with E-state index in [0.29, 0.717) is 34.3 Å². The minimum absolute atomic E-state index is 0.0240. The number of hydrogen-bond donors (Lipinski definition) is 1. The molecule has 0 bridgehead atoms. The molecule has 0 aliphatic carbocycles. The van der Waals surface area contributed by atoms with E-state index in [1.54, 1.807) is 44.2 Å². The maximum Gasteiger partial charge on any atom is 0.270 e. The fraction of sp³-hybridized carbons (Fsp3) is 0.208. The molecule has 34 heavy (non-hydrogen) atoms. The van der Waals surface area contributed by atoms with Crippen molar-refractivity contribution >= 4 is 42.4 Å². The molecule has 0 spiro atoms. The Morgan fingerprint density at radius 2 is 1.85 bits per heavy atom. The fourth-order valence-electron chi connectivity index (χ4n) is 3.67. The molecule has 2 aromatic carbocycles. The molecule has 0 radical (unpaired) electrons. The Bertz CT molecular complexity index is 1540. The first-order valence-electron chi connectivity index (χ1n) is 10.5. The average Bonchev–Trinajstić information content (AvgIpc) is 3.18. The van der Waals surface area contributed by atoms with Gasteiger partial charge in [-0.15, -0.1) is 0 Å². The highest BCUT2D eigenvalue weighted by Gasteiger charge is 2.26. The summed E-state index contributed by atoms with van der Waals surface area (Å²) < 4.78 is 33.8. The van der Waals surface area contributed by atoms with E-state index in [1.165, 1.54) is 28.0 Å². The molecule has 0 aliphatic rings. The molecule has 0 unspecified atom stereocenters. The van der Waals surface area contributed by atoms with E-state index >= 15 is 0 Å².